The Morgan fingerprint density at radius 2 is 1.73 bits per heavy atom. The van der Waals surface area contributed by atoms with Gasteiger partial charge in [-0.2, -0.15) is 0 Å². The smallest absolute Gasteiger partial charge is 0.294 e. The molecular formula is C22H16ClNO5S. The Labute approximate surface area is 178 Å². The number of carbonyl (C=O) groups excluding carboxylic acids is 1. The van der Waals surface area contributed by atoms with E-state index in [1.54, 1.807) is 54.6 Å². The number of furan rings is 2. The number of rotatable bonds is 6. The van der Waals surface area contributed by atoms with Gasteiger partial charge in [0.2, 0.25) is 14.9 Å². The van der Waals surface area contributed by atoms with Gasteiger partial charge in [-0.1, -0.05) is 35.9 Å². The second-order valence-corrected chi connectivity index (χ2v) is 8.70. The van der Waals surface area contributed by atoms with E-state index in [9.17, 15) is 13.2 Å². The highest BCUT2D eigenvalue weighted by molar-refractivity contribution is 7.91. The van der Waals surface area contributed by atoms with E-state index in [0.29, 0.717) is 16.5 Å². The van der Waals surface area contributed by atoms with Crippen LogP contribution in [0.5, 0.6) is 0 Å². The third-order valence-electron chi connectivity index (χ3n) is 4.37. The topological polar surface area (TPSA) is 80.7 Å². The van der Waals surface area contributed by atoms with Gasteiger partial charge in [-0.15, -0.1) is 0 Å². The van der Waals surface area contributed by atoms with Crippen LogP contribution in [0.3, 0.4) is 0 Å². The number of anilines is 1. The number of sulfone groups is 1. The maximum atomic E-state index is 13.2. The van der Waals surface area contributed by atoms with Crippen molar-refractivity contribution in [3.05, 3.63) is 102 Å². The van der Waals surface area contributed by atoms with Crippen LogP contribution in [-0.2, 0) is 16.4 Å². The zero-order valence-corrected chi connectivity index (χ0v) is 17.1. The highest BCUT2D eigenvalue weighted by atomic mass is 35.5. The molecule has 0 bridgehead atoms. The summed E-state index contributed by atoms with van der Waals surface area (Å²) in [5, 5.41) is 0.151. The lowest BCUT2D eigenvalue weighted by molar-refractivity contribution is 0.0951. The van der Waals surface area contributed by atoms with E-state index in [1.165, 1.54) is 35.4 Å². The van der Waals surface area contributed by atoms with Gasteiger partial charge < -0.3 is 8.83 Å². The monoisotopic (exact) mass is 441 g/mol. The summed E-state index contributed by atoms with van der Waals surface area (Å²) in [5.41, 5.74) is 0.521. The molecule has 2 aromatic carbocycles. The molecule has 0 saturated heterocycles. The van der Waals surface area contributed by atoms with Crippen LogP contribution < -0.4 is 4.90 Å². The number of hydrogen-bond donors (Lipinski definition) is 0. The molecule has 30 heavy (non-hydrogen) atoms. The summed E-state index contributed by atoms with van der Waals surface area (Å²) in [4.78, 5) is 14.7. The Bertz CT molecular complexity index is 1260. The van der Waals surface area contributed by atoms with Crippen LogP contribution in [0.15, 0.2) is 104 Å². The van der Waals surface area contributed by atoms with Gasteiger partial charge in [0.25, 0.3) is 5.91 Å². The molecule has 0 saturated carbocycles. The van der Waals surface area contributed by atoms with Crippen molar-refractivity contribution in [2.45, 2.75) is 16.5 Å². The molecule has 0 fully saturated rings. The van der Waals surface area contributed by atoms with E-state index in [0.717, 1.165) is 0 Å². The fourth-order valence-electron chi connectivity index (χ4n) is 2.91. The molecule has 8 heteroatoms. The normalized spacial score (nSPS) is 11.4. The predicted molar refractivity (Wildman–Crippen MR) is 111 cm³/mol. The van der Waals surface area contributed by atoms with Gasteiger partial charge in [0.05, 0.1) is 17.7 Å². The molecule has 0 aliphatic rings. The molecule has 0 N–H and O–H groups in total. The van der Waals surface area contributed by atoms with Crippen LogP contribution in [0.2, 0.25) is 5.02 Å². The average Bonchev–Trinajstić information content (AvgIpc) is 3.45. The van der Waals surface area contributed by atoms with Crippen molar-refractivity contribution < 1.29 is 22.0 Å². The molecule has 0 radical (unpaired) electrons. The molecule has 0 atom stereocenters. The van der Waals surface area contributed by atoms with Crippen molar-refractivity contribution in [3.63, 3.8) is 0 Å². The fourth-order valence-corrected chi connectivity index (χ4v) is 4.29. The standard InChI is InChI=1S/C22H16ClNO5S/c23-16-6-4-7-17(14-16)24(15-18-8-5-13-28-18)22(25)20-11-12-21(29-20)30(26,27)19-9-2-1-3-10-19/h1-14H,15H2. The van der Waals surface area contributed by atoms with Gasteiger partial charge in [-0.25, -0.2) is 8.42 Å². The molecule has 0 spiro atoms. The lowest BCUT2D eigenvalue weighted by Crippen LogP contribution is -2.30. The van der Waals surface area contributed by atoms with E-state index in [-0.39, 0.29) is 22.3 Å². The second kappa shape index (κ2) is 8.22. The zero-order chi connectivity index (χ0) is 21.1. The maximum Gasteiger partial charge on any atom is 0.294 e. The lowest BCUT2D eigenvalue weighted by Gasteiger charge is -2.21. The average molecular weight is 442 g/mol. The van der Waals surface area contributed by atoms with Gasteiger partial charge in [-0.3, -0.25) is 9.69 Å². The summed E-state index contributed by atoms with van der Waals surface area (Å²) in [6, 6.07) is 20.7. The zero-order valence-electron chi connectivity index (χ0n) is 15.6. The van der Waals surface area contributed by atoms with Crippen LogP contribution in [0.4, 0.5) is 5.69 Å². The van der Waals surface area contributed by atoms with E-state index >= 15 is 0 Å². The van der Waals surface area contributed by atoms with Crippen LogP contribution in [0.1, 0.15) is 16.3 Å². The number of benzene rings is 2. The molecule has 4 aromatic rings. The van der Waals surface area contributed by atoms with E-state index in [2.05, 4.69) is 0 Å². The van der Waals surface area contributed by atoms with Crippen molar-refractivity contribution in [2.75, 3.05) is 4.90 Å². The maximum absolute atomic E-state index is 13.2. The van der Waals surface area contributed by atoms with Crippen molar-refractivity contribution >= 4 is 33.0 Å². The van der Waals surface area contributed by atoms with Crippen LogP contribution in [0.25, 0.3) is 0 Å². The van der Waals surface area contributed by atoms with Gasteiger partial charge >= 0.3 is 0 Å². The minimum absolute atomic E-state index is 0.0839. The Hall–Kier alpha value is -3.29. The van der Waals surface area contributed by atoms with Crippen molar-refractivity contribution in [1.82, 2.24) is 0 Å². The molecule has 0 aliphatic heterocycles. The summed E-state index contributed by atoms with van der Waals surface area (Å²) < 4.78 is 36.4. The first-order valence-electron chi connectivity index (χ1n) is 8.95. The number of halogens is 1. The molecule has 4 rings (SSSR count). The van der Waals surface area contributed by atoms with Crippen LogP contribution in [-0.4, -0.2) is 14.3 Å². The highest BCUT2D eigenvalue weighted by Crippen LogP contribution is 2.27. The van der Waals surface area contributed by atoms with Crippen molar-refractivity contribution in [2.24, 2.45) is 0 Å². The lowest BCUT2D eigenvalue weighted by atomic mass is 10.2. The summed E-state index contributed by atoms with van der Waals surface area (Å²) in [5.74, 6) is -0.0915. The summed E-state index contributed by atoms with van der Waals surface area (Å²) >= 11 is 6.09. The number of carbonyl (C=O) groups is 1. The first kappa shape index (κ1) is 20.0. The minimum atomic E-state index is -3.88. The third kappa shape index (κ3) is 4.03. The summed E-state index contributed by atoms with van der Waals surface area (Å²) in [6.07, 6.45) is 1.51. The molecule has 6 nitrogen and oxygen atoms in total. The number of hydrogen-bond acceptors (Lipinski definition) is 5. The quantitative estimate of drug-likeness (QED) is 0.410. The molecule has 1 amide bonds. The first-order valence-corrected chi connectivity index (χ1v) is 10.8. The number of amides is 1. The summed E-state index contributed by atoms with van der Waals surface area (Å²) in [7, 11) is -3.88. The van der Waals surface area contributed by atoms with Crippen LogP contribution in [0, 0.1) is 0 Å². The van der Waals surface area contributed by atoms with Gasteiger partial charge in [0, 0.05) is 10.7 Å². The van der Waals surface area contributed by atoms with Gasteiger partial charge in [0.1, 0.15) is 5.76 Å². The Morgan fingerprint density at radius 3 is 2.43 bits per heavy atom. The Kier molecular flexibility index (Phi) is 5.48. The first-order chi connectivity index (χ1) is 14.4. The van der Waals surface area contributed by atoms with E-state index in [1.807, 2.05) is 0 Å². The summed E-state index contributed by atoms with van der Waals surface area (Å²) in [6.45, 7) is 0.119. The minimum Gasteiger partial charge on any atom is -0.467 e. The molecule has 152 valence electrons. The second-order valence-electron chi connectivity index (χ2n) is 6.39. The van der Waals surface area contributed by atoms with E-state index < -0.39 is 15.7 Å². The molecular weight excluding hydrogens is 426 g/mol. The Morgan fingerprint density at radius 1 is 0.933 bits per heavy atom. The van der Waals surface area contributed by atoms with E-state index in [4.69, 9.17) is 20.4 Å². The molecule has 2 heterocycles. The van der Waals surface area contributed by atoms with Gasteiger partial charge in [0.15, 0.2) is 5.76 Å². The third-order valence-corrected chi connectivity index (χ3v) is 6.25. The predicted octanol–water partition coefficient (Wildman–Crippen LogP) is 5.21. The molecule has 0 unspecified atom stereocenters. The van der Waals surface area contributed by atoms with Crippen molar-refractivity contribution in [1.29, 1.82) is 0 Å². The molecule has 0 aliphatic carbocycles. The largest absolute Gasteiger partial charge is 0.467 e. The SMILES string of the molecule is O=C(c1ccc(S(=O)(=O)c2ccccc2)o1)N(Cc1ccco1)c1cccc(Cl)c1. The van der Waals surface area contributed by atoms with Crippen molar-refractivity contribution in [3.8, 4) is 0 Å². The molecule has 2 aromatic heterocycles. The van der Waals surface area contributed by atoms with Crippen LogP contribution >= 0.6 is 11.6 Å². The highest BCUT2D eigenvalue weighted by Gasteiger charge is 2.27. The Balaban J connectivity index is 1.69. The van der Waals surface area contributed by atoms with Gasteiger partial charge in [-0.05, 0) is 54.6 Å². The fraction of sp³-hybridized carbons (Fsp3) is 0.0455. The number of nitrogens with zero attached hydrogens (tertiary/aromatic N) is 1.